The first-order chi connectivity index (χ1) is 13.1. The highest BCUT2D eigenvalue weighted by Crippen LogP contribution is 2.24. The Kier molecular flexibility index (Phi) is 7.16. The number of benzene rings is 1. The molecule has 1 heterocycles. The third-order valence-corrected chi connectivity index (χ3v) is 4.18. The predicted molar refractivity (Wildman–Crippen MR) is 89.1 cm³/mol. The molecule has 6 atom stereocenters. The fourth-order valence-corrected chi connectivity index (χ4v) is 2.77. The molecular formula is C17H22O11. The SMILES string of the molecule is O=C(CCC(O)Cc1cc(O)cc(O)c1)O[C@@H]1O[C@H](C(=O)O)[C@@H](O)[C@H](O)[C@H]1O. The van der Waals surface area contributed by atoms with E-state index in [0.29, 0.717) is 5.56 Å². The summed E-state index contributed by atoms with van der Waals surface area (Å²) >= 11 is 0. The number of rotatable bonds is 7. The van der Waals surface area contributed by atoms with Crippen LogP contribution >= 0.6 is 0 Å². The van der Waals surface area contributed by atoms with Crippen LogP contribution in [0, 0.1) is 0 Å². The Hall–Kier alpha value is -2.44. The fourth-order valence-electron chi connectivity index (χ4n) is 2.77. The van der Waals surface area contributed by atoms with Gasteiger partial charge in [-0.2, -0.15) is 0 Å². The molecule has 0 radical (unpaired) electrons. The number of hydrogen-bond acceptors (Lipinski definition) is 10. The minimum Gasteiger partial charge on any atom is -0.508 e. The van der Waals surface area contributed by atoms with Gasteiger partial charge in [0, 0.05) is 12.5 Å². The lowest BCUT2D eigenvalue weighted by atomic mass is 9.99. The Morgan fingerprint density at radius 2 is 1.64 bits per heavy atom. The lowest BCUT2D eigenvalue weighted by Crippen LogP contribution is -2.60. The number of hydrogen-bond donors (Lipinski definition) is 7. The van der Waals surface area contributed by atoms with Crippen LogP contribution in [-0.2, 0) is 25.5 Å². The van der Waals surface area contributed by atoms with Crippen molar-refractivity contribution < 1.29 is 54.8 Å². The molecule has 7 N–H and O–H groups in total. The second-order valence-corrected chi connectivity index (χ2v) is 6.48. The van der Waals surface area contributed by atoms with Gasteiger partial charge in [0.2, 0.25) is 6.29 Å². The standard InChI is InChI=1S/C17H22O11/c18-8(3-7-4-9(19)6-10(20)5-7)1-2-11(21)27-17-14(24)12(22)13(23)15(28-17)16(25)26/h4-6,8,12-15,17-20,22-24H,1-3H2,(H,25,26)/t8?,12-,13-,14+,15-,17+/m0/s1. The largest absolute Gasteiger partial charge is 0.508 e. The van der Waals surface area contributed by atoms with E-state index in [1.165, 1.54) is 12.1 Å². The minimum atomic E-state index is -1.90. The summed E-state index contributed by atoms with van der Waals surface area (Å²) in [4.78, 5) is 22.9. The maximum absolute atomic E-state index is 11.9. The first-order valence-corrected chi connectivity index (χ1v) is 8.40. The first kappa shape index (κ1) is 21.9. The fraction of sp³-hybridized carbons (Fsp3) is 0.529. The van der Waals surface area contributed by atoms with Crippen LogP contribution < -0.4 is 0 Å². The number of aliphatic carboxylic acids is 1. The van der Waals surface area contributed by atoms with Crippen molar-refractivity contribution in [2.75, 3.05) is 0 Å². The molecule has 1 aliphatic rings. The summed E-state index contributed by atoms with van der Waals surface area (Å²) in [5.74, 6) is -2.91. The van der Waals surface area contributed by atoms with Crippen LogP contribution in [0.3, 0.4) is 0 Å². The van der Waals surface area contributed by atoms with E-state index in [1.54, 1.807) is 0 Å². The lowest BCUT2D eigenvalue weighted by Gasteiger charge is -2.37. The van der Waals surface area contributed by atoms with Crippen LogP contribution in [0.15, 0.2) is 18.2 Å². The molecule has 1 aromatic rings. The van der Waals surface area contributed by atoms with Gasteiger partial charge in [0.1, 0.15) is 29.8 Å². The summed E-state index contributed by atoms with van der Waals surface area (Å²) in [5.41, 5.74) is 0.436. The smallest absolute Gasteiger partial charge is 0.335 e. The molecule has 11 nitrogen and oxygen atoms in total. The van der Waals surface area contributed by atoms with E-state index in [-0.39, 0.29) is 30.8 Å². The van der Waals surface area contributed by atoms with Crippen molar-refractivity contribution in [2.45, 2.75) is 56.1 Å². The molecule has 1 aliphatic heterocycles. The zero-order chi connectivity index (χ0) is 21.0. The number of aliphatic hydroxyl groups excluding tert-OH is 4. The van der Waals surface area contributed by atoms with E-state index in [1.807, 2.05) is 0 Å². The zero-order valence-corrected chi connectivity index (χ0v) is 14.6. The highest BCUT2D eigenvalue weighted by atomic mass is 16.7. The average molecular weight is 402 g/mol. The summed E-state index contributed by atoms with van der Waals surface area (Å²) in [6.45, 7) is 0. The van der Waals surface area contributed by atoms with Gasteiger partial charge in [0.15, 0.2) is 6.10 Å². The number of carbonyl (C=O) groups is 2. The number of ether oxygens (including phenoxy) is 2. The molecule has 0 amide bonds. The Balaban J connectivity index is 1.86. The summed E-state index contributed by atoms with van der Waals surface area (Å²) in [5, 5.41) is 66.7. The molecule has 1 saturated heterocycles. The molecule has 2 rings (SSSR count). The van der Waals surface area contributed by atoms with Crippen molar-refractivity contribution in [1.82, 2.24) is 0 Å². The molecule has 1 aromatic carbocycles. The van der Waals surface area contributed by atoms with Crippen LogP contribution in [-0.4, -0.2) is 84.5 Å². The molecule has 156 valence electrons. The van der Waals surface area contributed by atoms with E-state index in [0.717, 1.165) is 6.07 Å². The first-order valence-electron chi connectivity index (χ1n) is 8.40. The number of aromatic hydroxyl groups is 2. The molecule has 11 heteroatoms. The maximum atomic E-state index is 11.9. The summed E-state index contributed by atoms with van der Waals surface area (Å²) in [7, 11) is 0. The molecule has 0 bridgehead atoms. The number of carboxylic acid groups (broad SMARTS) is 1. The van der Waals surface area contributed by atoms with Crippen LogP contribution in [0.1, 0.15) is 18.4 Å². The van der Waals surface area contributed by atoms with Crippen molar-refractivity contribution in [3.8, 4) is 11.5 Å². The highest BCUT2D eigenvalue weighted by molar-refractivity contribution is 5.73. The quantitative estimate of drug-likeness (QED) is 0.255. The molecule has 0 aromatic heterocycles. The second-order valence-electron chi connectivity index (χ2n) is 6.48. The highest BCUT2D eigenvalue weighted by Gasteiger charge is 2.48. The number of esters is 1. The van der Waals surface area contributed by atoms with Crippen molar-refractivity contribution in [3.05, 3.63) is 23.8 Å². The maximum Gasteiger partial charge on any atom is 0.335 e. The Morgan fingerprint density at radius 3 is 2.21 bits per heavy atom. The van der Waals surface area contributed by atoms with Gasteiger partial charge in [-0.3, -0.25) is 4.79 Å². The van der Waals surface area contributed by atoms with Crippen LogP contribution in [0.25, 0.3) is 0 Å². The molecule has 1 fully saturated rings. The number of aliphatic hydroxyl groups is 4. The van der Waals surface area contributed by atoms with E-state index >= 15 is 0 Å². The minimum absolute atomic E-state index is 0.0315. The molecule has 0 spiro atoms. The van der Waals surface area contributed by atoms with Gasteiger partial charge in [0.05, 0.1) is 6.10 Å². The van der Waals surface area contributed by atoms with Crippen LogP contribution in [0.2, 0.25) is 0 Å². The van der Waals surface area contributed by atoms with Gasteiger partial charge in [-0.05, 0) is 30.5 Å². The summed E-state index contributed by atoms with van der Waals surface area (Å²) < 4.78 is 9.63. The molecular weight excluding hydrogens is 380 g/mol. The average Bonchev–Trinajstić information content (AvgIpc) is 2.59. The predicted octanol–water partition coefficient (Wildman–Crippen LogP) is -1.78. The van der Waals surface area contributed by atoms with Crippen molar-refractivity contribution >= 4 is 11.9 Å². The molecule has 0 aliphatic carbocycles. The zero-order valence-electron chi connectivity index (χ0n) is 14.6. The van der Waals surface area contributed by atoms with Crippen molar-refractivity contribution in [3.63, 3.8) is 0 Å². The van der Waals surface area contributed by atoms with Gasteiger partial charge < -0.3 is 45.2 Å². The van der Waals surface area contributed by atoms with E-state index in [4.69, 9.17) is 14.6 Å². The van der Waals surface area contributed by atoms with E-state index in [2.05, 4.69) is 0 Å². The van der Waals surface area contributed by atoms with Gasteiger partial charge in [-0.15, -0.1) is 0 Å². The third kappa shape index (κ3) is 5.53. The Labute approximate surface area is 159 Å². The molecule has 1 unspecified atom stereocenters. The number of phenols is 2. The lowest BCUT2D eigenvalue weighted by molar-refractivity contribution is -0.286. The Morgan fingerprint density at radius 1 is 1.04 bits per heavy atom. The van der Waals surface area contributed by atoms with Gasteiger partial charge in [0.25, 0.3) is 0 Å². The topological polar surface area (TPSA) is 194 Å². The Bertz CT molecular complexity index is 686. The van der Waals surface area contributed by atoms with E-state index in [9.17, 15) is 40.2 Å². The van der Waals surface area contributed by atoms with Gasteiger partial charge in [-0.1, -0.05) is 0 Å². The van der Waals surface area contributed by atoms with Crippen LogP contribution in [0.5, 0.6) is 11.5 Å². The molecule has 0 saturated carbocycles. The summed E-state index contributed by atoms with van der Waals surface area (Å²) in [6, 6.07) is 3.80. The van der Waals surface area contributed by atoms with E-state index < -0.39 is 48.7 Å². The van der Waals surface area contributed by atoms with Crippen LogP contribution in [0.4, 0.5) is 0 Å². The van der Waals surface area contributed by atoms with Gasteiger partial charge in [-0.25, -0.2) is 4.79 Å². The van der Waals surface area contributed by atoms with Gasteiger partial charge >= 0.3 is 11.9 Å². The number of carboxylic acids is 1. The third-order valence-electron chi connectivity index (χ3n) is 4.18. The second kappa shape index (κ2) is 9.17. The van der Waals surface area contributed by atoms with Crippen molar-refractivity contribution in [1.29, 1.82) is 0 Å². The number of carbonyl (C=O) groups excluding carboxylic acids is 1. The monoisotopic (exact) mass is 402 g/mol. The van der Waals surface area contributed by atoms with Crippen molar-refractivity contribution in [2.24, 2.45) is 0 Å². The molecule has 28 heavy (non-hydrogen) atoms. The summed E-state index contributed by atoms with van der Waals surface area (Å²) in [6.07, 6.45) is -10.7. The normalized spacial score (nSPS) is 28.5. The number of phenolic OH excluding ortho intramolecular Hbond substituents is 2.